The van der Waals surface area contributed by atoms with E-state index in [0.29, 0.717) is 9.92 Å². The van der Waals surface area contributed by atoms with Gasteiger partial charge in [0.1, 0.15) is 6.04 Å². The van der Waals surface area contributed by atoms with E-state index in [2.05, 4.69) is 15.6 Å². The second-order valence-electron chi connectivity index (χ2n) is 7.16. The molecule has 9 heteroatoms. The highest BCUT2D eigenvalue weighted by atomic mass is 35.5. The van der Waals surface area contributed by atoms with E-state index in [0.717, 1.165) is 34.1 Å². The van der Waals surface area contributed by atoms with Crippen LogP contribution in [-0.2, 0) is 9.59 Å². The molecule has 32 heavy (non-hydrogen) atoms. The molecule has 0 spiro atoms. The molecule has 4 aromatic rings. The number of rotatable bonds is 6. The largest absolute Gasteiger partial charge is 0.278 e. The van der Waals surface area contributed by atoms with Crippen molar-refractivity contribution in [3.05, 3.63) is 93.8 Å². The molecule has 2 aromatic carbocycles. The van der Waals surface area contributed by atoms with Gasteiger partial charge in [-0.15, -0.1) is 11.8 Å². The van der Waals surface area contributed by atoms with Crippen molar-refractivity contribution in [2.45, 2.75) is 16.2 Å². The number of thioether (sulfide) groups is 1. The van der Waals surface area contributed by atoms with Crippen LogP contribution in [0.5, 0.6) is 0 Å². The molecule has 2 aromatic heterocycles. The predicted octanol–water partition coefficient (Wildman–Crippen LogP) is 4.92. The van der Waals surface area contributed by atoms with Crippen LogP contribution < -0.4 is 5.43 Å². The van der Waals surface area contributed by atoms with E-state index in [1.165, 1.54) is 5.01 Å². The van der Waals surface area contributed by atoms with Crippen molar-refractivity contribution in [2.24, 2.45) is 0 Å². The monoisotopic (exact) mass is 480 g/mol. The molecule has 5 rings (SSSR count). The lowest BCUT2D eigenvalue weighted by Gasteiger charge is -2.27. The molecule has 1 saturated heterocycles. The quantitative estimate of drug-likeness (QED) is 0.384. The zero-order valence-electron chi connectivity index (χ0n) is 16.6. The Balaban J connectivity index is 1.46. The van der Waals surface area contributed by atoms with E-state index in [-0.39, 0.29) is 11.8 Å². The molecule has 1 aliphatic heterocycles. The molecule has 0 bridgehead atoms. The standard InChI is InChI=1S/C23H17ClN4O2S2/c24-17-3-1-2-4-19(17)32-21-22(29)27-28(23(21)30)20(16-10-12-31-13-16)15-7-5-14(6-8-15)18-9-11-25-26-18/h1-13,20-21H,(H,25,26)(H,27,29). The highest BCUT2D eigenvalue weighted by Gasteiger charge is 2.44. The van der Waals surface area contributed by atoms with Crippen LogP contribution in [0.25, 0.3) is 11.3 Å². The van der Waals surface area contributed by atoms with Gasteiger partial charge in [0.25, 0.3) is 11.8 Å². The van der Waals surface area contributed by atoms with Crippen LogP contribution in [0.15, 0.2) is 82.5 Å². The van der Waals surface area contributed by atoms with Crippen molar-refractivity contribution in [1.29, 1.82) is 0 Å². The molecule has 2 unspecified atom stereocenters. The number of nitrogens with zero attached hydrogens (tertiary/aromatic N) is 2. The minimum Gasteiger partial charge on any atom is -0.278 e. The van der Waals surface area contributed by atoms with Crippen LogP contribution in [0.2, 0.25) is 5.02 Å². The van der Waals surface area contributed by atoms with E-state index >= 15 is 0 Å². The third-order valence-electron chi connectivity index (χ3n) is 5.17. The number of amides is 2. The van der Waals surface area contributed by atoms with Gasteiger partial charge in [0, 0.05) is 11.1 Å². The van der Waals surface area contributed by atoms with Gasteiger partial charge in [-0.05, 0) is 51.7 Å². The number of aromatic amines is 1. The SMILES string of the molecule is O=C1NN(C(c2ccc(-c3ccn[nH]3)cc2)c2ccsc2)C(=O)C1Sc1ccccc1Cl. The summed E-state index contributed by atoms with van der Waals surface area (Å²) in [7, 11) is 0. The number of hydrazine groups is 1. The first kappa shape index (κ1) is 20.8. The maximum atomic E-state index is 13.4. The number of aromatic nitrogens is 2. The second kappa shape index (κ2) is 8.82. The van der Waals surface area contributed by atoms with E-state index in [9.17, 15) is 9.59 Å². The summed E-state index contributed by atoms with van der Waals surface area (Å²) in [6, 6.07) is 18.5. The van der Waals surface area contributed by atoms with Crippen LogP contribution in [0.4, 0.5) is 0 Å². The van der Waals surface area contributed by atoms with E-state index < -0.39 is 11.3 Å². The summed E-state index contributed by atoms with van der Waals surface area (Å²) >= 11 is 8.96. The zero-order chi connectivity index (χ0) is 22.1. The van der Waals surface area contributed by atoms with Gasteiger partial charge in [-0.2, -0.15) is 16.4 Å². The minimum atomic E-state index is -0.902. The Morgan fingerprint density at radius 2 is 1.84 bits per heavy atom. The summed E-state index contributed by atoms with van der Waals surface area (Å²) in [4.78, 5) is 26.8. The molecular weight excluding hydrogens is 464 g/mol. The molecule has 160 valence electrons. The lowest BCUT2D eigenvalue weighted by molar-refractivity contribution is -0.131. The first-order valence-electron chi connectivity index (χ1n) is 9.78. The summed E-state index contributed by atoms with van der Waals surface area (Å²) in [5.74, 6) is -0.650. The average molecular weight is 481 g/mol. The van der Waals surface area contributed by atoms with E-state index in [1.807, 2.05) is 59.3 Å². The number of benzene rings is 2. The average Bonchev–Trinajstić information content (AvgIpc) is 3.56. The molecule has 3 heterocycles. The zero-order valence-corrected chi connectivity index (χ0v) is 19.0. The number of thiophene rings is 1. The van der Waals surface area contributed by atoms with Crippen LogP contribution in [0, 0.1) is 0 Å². The van der Waals surface area contributed by atoms with Gasteiger partial charge < -0.3 is 0 Å². The molecular formula is C23H17ClN4O2S2. The number of hydrogen-bond acceptors (Lipinski definition) is 5. The van der Waals surface area contributed by atoms with Gasteiger partial charge in [-0.1, -0.05) is 48.0 Å². The fourth-order valence-electron chi connectivity index (χ4n) is 3.62. The molecule has 2 amide bonds. The van der Waals surface area contributed by atoms with Crippen molar-refractivity contribution in [3.8, 4) is 11.3 Å². The van der Waals surface area contributed by atoms with Gasteiger partial charge >= 0.3 is 0 Å². The Labute approximate surface area is 197 Å². The van der Waals surface area contributed by atoms with Gasteiger partial charge in [-0.25, -0.2) is 5.01 Å². The number of H-pyrrole nitrogens is 1. The molecule has 2 atom stereocenters. The van der Waals surface area contributed by atoms with E-state index in [1.54, 1.807) is 29.7 Å². The normalized spacial score (nSPS) is 16.9. The number of hydrogen-bond donors (Lipinski definition) is 2. The Morgan fingerprint density at radius 1 is 1.03 bits per heavy atom. The van der Waals surface area contributed by atoms with E-state index in [4.69, 9.17) is 11.6 Å². The lowest BCUT2D eigenvalue weighted by atomic mass is 9.98. The van der Waals surface area contributed by atoms with Crippen molar-refractivity contribution in [3.63, 3.8) is 0 Å². The Kier molecular flexibility index (Phi) is 5.73. The van der Waals surface area contributed by atoms with Crippen molar-refractivity contribution < 1.29 is 9.59 Å². The van der Waals surface area contributed by atoms with Gasteiger partial charge in [0.2, 0.25) is 0 Å². The Hall–Kier alpha value is -3.07. The Bertz CT molecular complexity index is 1240. The van der Waals surface area contributed by atoms with Gasteiger partial charge in [0.05, 0.1) is 10.7 Å². The van der Waals surface area contributed by atoms with Crippen LogP contribution in [0.3, 0.4) is 0 Å². The third-order valence-corrected chi connectivity index (χ3v) is 7.57. The Morgan fingerprint density at radius 3 is 2.53 bits per heavy atom. The molecule has 0 saturated carbocycles. The number of carbonyl (C=O) groups is 2. The third kappa shape index (κ3) is 3.92. The minimum absolute atomic E-state index is 0.297. The topological polar surface area (TPSA) is 78.1 Å². The summed E-state index contributed by atoms with van der Waals surface area (Å²) in [5.41, 5.74) is 6.51. The molecule has 2 N–H and O–H groups in total. The summed E-state index contributed by atoms with van der Waals surface area (Å²) in [5, 5.41) is 11.9. The van der Waals surface area contributed by atoms with Gasteiger partial charge in [0.15, 0.2) is 5.25 Å². The predicted molar refractivity (Wildman–Crippen MR) is 126 cm³/mol. The highest BCUT2D eigenvalue weighted by Crippen LogP contribution is 2.37. The van der Waals surface area contributed by atoms with Crippen LogP contribution in [0.1, 0.15) is 17.2 Å². The second-order valence-corrected chi connectivity index (χ2v) is 9.50. The van der Waals surface area contributed by atoms with Crippen molar-refractivity contribution in [2.75, 3.05) is 0 Å². The summed E-state index contributed by atoms with van der Waals surface area (Å²) < 4.78 is 0. The summed E-state index contributed by atoms with van der Waals surface area (Å²) in [6.07, 6.45) is 1.70. The summed E-state index contributed by atoms with van der Waals surface area (Å²) in [6.45, 7) is 0. The maximum Gasteiger partial charge on any atom is 0.265 e. The molecule has 1 aliphatic rings. The molecule has 0 radical (unpaired) electrons. The van der Waals surface area contributed by atoms with Crippen molar-refractivity contribution >= 4 is 46.5 Å². The number of carbonyl (C=O) groups excluding carboxylic acids is 2. The molecule has 6 nitrogen and oxygen atoms in total. The first-order valence-corrected chi connectivity index (χ1v) is 12.0. The van der Waals surface area contributed by atoms with Crippen LogP contribution >= 0.6 is 34.7 Å². The van der Waals surface area contributed by atoms with Crippen molar-refractivity contribution in [1.82, 2.24) is 20.6 Å². The maximum absolute atomic E-state index is 13.4. The number of halogens is 1. The lowest BCUT2D eigenvalue weighted by Crippen LogP contribution is -2.39. The molecule has 0 aliphatic carbocycles. The molecule has 1 fully saturated rings. The van der Waals surface area contributed by atoms with Crippen LogP contribution in [-0.4, -0.2) is 32.3 Å². The number of nitrogens with one attached hydrogen (secondary N) is 2. The fraction of sp³-hybridized carbons (Fsp3) is 0.0870. The smallest absolute Gasteiger partial charge is 0.265 e. The van der Waals surface area contributed by atoms with Gasteiger partial charge in [-0.3, -0.25) is 20.1 Å². The highest BCUT2D eigenvalue weighted by molar-refractivity contribution is 8.01. The first-order chi connectivity index (χ1) is 15.6. The fourth-order valence-corrected chi connectivity index (χ4v) is 5.53.